The van der Waals surface area contributed by atoms with Gasteiger partial charge >= 0.3 is 5.76 Å². The van der Waals surface area contributed by atoms with Crippen molar-refractivity contribution in [2.45, 2.75) is 39.2 Å². The monoisotopic (exact) mass is 290 g/mol. The number of nitrogens with one attached hydrogen (secondary N) is 2. The lowest BCUT2D eigenvalue weighted by Gasteiger charge is -2.10. The van der Waals surface area contributed by atoms with Crippen LogP contribution in [0.15, 0.2) is 27.4 Å². The predicted molar refractivity (Wildman–Crippen MR) is 78.3 cm³/mol. The average Bonchev–Trinajstić information content (AvgIpc) is 2.83. The van der Waals surface area contributed by atoms with Crippen LogP contribution >= 0.6 is 0 Å². The first-order chi connectivity index (χ1) is 9.99. The molecule has 0 bridgehead atoms. The van der Waals surface area contributed by atoms with Crippen LogP contribution in [-0.4, -0.2) is 22.7 Å². The molecule has 0 radical (unpaired) electrons. The molecule has 1 heterocycles. The van der Waals surface area contributed by atoms with Crippen LogP contribution in [0, 0.1) is 0 Å². The molecule has 2 rings (SSSR count). The van der Waals surface area contributed by atoms with Crippen molar-refractivity contribution in [3.8, 4) is 0 Å². The van der Waals surface area contributed by atoms with Crippen LogP contribution in [0.4, 0.5) is 0 Å². The van der Waals surface area contributed by atoms with E-state index < -0.39 is 5.76 Å². The molecule has 6 nitrogen and oxygen atoms in total. The Morgan fingerprint density at radius 2 is 2.10 bits per heavy atom. The number of carbonyl (C=O) groups is 2. The van der Waals surface area contributed by atoms with E-state index in [9.17, 15) is 14.4 Å². The molecule has 0 aliphatic heterocycles. The number of H-pyrrole nitrogens is 1. The maximum absolute atomic E-state index is 12.0. The summed E-state index contributed by atoms with van der Waals surface area (Å²) in [6.45, 7) is 3.90. The third-order valence-electron chi connectivity index (χ3n) is 3.34. The molecule has 0 spiro atoms. The van der Waals surface area contributed by atoms with Gasteiger partial charge in [-0.1, -0.05) is 6.92 Å². The van der Waals surface area contributed by atoms with Crippen molar-refractivity contribution >= 4 is 22.8 Å². The fraction of sp³-hybridized carbons (Fsp3) is 0.400. The molecule has 0 aliphatic rings. The Balaban J connectivity index is 1.98. The van der Waals surface area contributed by atoms with Crippen molar-refractivity contribution in [2.24, 2.45) is 0 Å². The number of rotatable bonds is 6. The third kappa shape index (κ3) is 3.81. The molecule has 2 N–H and O–H groups in total. The Morgan fingerprint density at radius 3 is 2.81 bits per heavy atom. The second-order valence-corrected chi connectivity index (χ2v) is 5.03. The maximum Gasteiger partial charge on any atom is 0.417 e. The summed E-state index contributed by atoms with van der Waals surface area (Å²) in [6.07, 6.45) is 1.13. The minimum atomic E-state index is -0.553. The topological polar surface area (TPSA) is 92.2 Å². The number of Topliss-reactive ketones (excluding diaryl/α,β-unsaturated/α-hetero) is 1. The minimum absolute atomic E-state index is 0.109. The van der Waals surface area contributed by atoms with E-state index >= 15 is 0 Å². The fourth-order valence-corrected chi connectivity index (χ4v) is 1.94. The minimum Gasteiger partial charge on any atom is -0.408 e. The highest BCUT2D eigenvalue weighted by atomic mass is 16.4. The Kier molecular flexibility index (Phi) is 4.57. The summed E-state index contributed by atoms with van der Waals surface area (Å²) in [4.78, 5) is 37.2. The zero-order valence-corrected chi connectivity index (χ0v) is 12.1. The molecule has 1 amide bonds. The van der Waals surface area contributed by atoms with Gasteiger partial charge in [0.25, 0.3) is 0 Å². The van der Waals surface area contributed by atoms with Gasteiger partial charge in [-0.05, 0) is 31.5 Å². The quantitative estimate of drug-likeness (QED) is 0.796. The molecule has 6 heteroatoms. The first-order valence-corrected chi connectivity index (χ1v) is 6.95. The van der Waals surface area contributed by atoms with Crippen molar-refractivity contribution in [1.82, 2.24) is 10.3 Å². The molecule has 1 atom stereocenters. The van der Waals surface area contributed by atoms with E-state index in [1.54, 1.807) is 12.1 Å². The highest BCUT2D eigenvalue weighted by molar-refractivity contribution is 6.00. The summed E-state index contributed by atoms with van der Waals surface area (Å²) >= 11 is 0. The molecule has 21 heavy (non-hydrogen) atoms. The Labute approximate surface area is 121 Å². The van der Waals surface area contributed by atoms with Gasteiger partial charge in [-0.2, -0.15) is 0 Å². The zero-order valence-electron chi connectivity index (χ0n) is 12.1. The highest BCUT2D eigenvalue weighted by Gasteiger charge is 2.12. The molecule has 1 aromatic heterocycles. The van der Waals surface area contributed by atoms with Gasteiger partial charge < -0.3 is 9.73 Å². The van der Waals surface area contributed by atoms with Crippen LogP contribution in [0.2, 0.25) is 0 Å². The van der Waals surface area contributed by atoms with Crippen LogP contribution in [-0.2, 0) is 4.79 Å². The van der Waals surface area contributed by atoms with Crippen molar-refractivity contribution in [3.63, 3.8) is 0 Å². The first kappa shape index (κ1) is 15.0. The molecule has 0 aliphatic carbocycles. The highest BCUT2D eigenvalue weighted by Crippen LogP contribution is 2.14. The average molecular weight is 290 g/mol. The van der Waals surface area contributed by atoms with E-state index in [-0.39, 0.29) is 30.6 Å². The number of hydrogen-bond acceptors (Lipinski definition) is 4. The summed E-state index contributed by atoms with van der Waals surface area (Å²) in [5.41, 5.74) is 1.32. The lowest BCUT2D eigenvalue weighted by atomic mass is 10.1. The largest absolute Gasteiger partial charge is 0.417 e. The number of benzene rings is 1. The summed E-state index contributed by atoms with van der Waals surface area (Å²) in [5, 5.41) is 2.81. The van der Waals surface area contributed by atoms with Gasteiger partial charge in [0.15, 0.2) is 11.4 Å². The Morgan fingerprint density at radius 1 is 1.33 bits per heavy atom. The standard InChI is InChI=1S/C15H18N2O4/c1-3-9(2)16-14(19)7-6-12(18)10-4-5-11-13(8-10)21-15(20)17-11/h4-5,8-9H,3,6-7H2,1-2H3,(H,16,19)(H,17,20). The van der Waals surface area contributed by atoms with Gasteiger partial charge in [0.1, 0.15) is 0 Å². The molecule has 0 saturated heterocycles. The predicted octanol–water partition coefficient (Wildman–Crippen LogP) is 2.00. The van der Waals surface area contributed by atoms with Gasteiger partial charge in [-0.15, -0.1) is 0 Å². The summed E-state index contributed by atoms with van der Waals surface area (Å²) in [5.74, 6) is -0.838. The molecule has 1 aromatic carbocycles. The molecule has 0 saturated carbocycles. The number of aromatic nitrogens is 1. The van der Waals surface area contributed by atoms with E-state index in [1.165, 1.54) is 6.07 Å². The van der Waals surface area contributed by atoms with Crippen molar-refractivity contribution in [3.05, 3.63) is 34.3 Å². The molecule has 0 fully saturated rings. The van der Waals surface area contributed by atoms with Crippen LogP contribution in [0.25, 0.3) is 11.1 Å². The fourth-order valence-electron chi connectivity index (χ4n) is 1.94. The lowest BCUT2D eigenvalue weighted by molar-refractivity contribution is -0.121. The van der Waals surface area contributed by atoms with Crippen LogP contribution in [0.5, 0.6) is 0 Å². The number of aromatic amines is 1. The lowest BCUT2D eigenvalue weighted by Crippen LogP contribution is -2.32. The van der Waals surface area contributed by atoms with E-state index in [4.69, 9.17) is 4.42 Å². The summed E-state index contributed by atoms with van der Waals surface area (Å²) in [7, 11) is 0. The van der Waals surface area contributed by atoms with Gasteiger partial charge in [0.2, 0.25) is 5.91 Å². The second-order valence-electron chi connectivity index (χ2n) is 5.03. The number of amides is 1. The normalized spacial score (nSPS) is 12.3. The smallest absolute Gasteiger partial charge is 0.408 e. The van der Waals surface area contributed by atoms with Gasteiger partial charge in [-0.25, -0.2) is 4.79 Å². The summed E-state index contributed by atoms with van der Waals surface area (Å²) in [6, 6.07) is 4.86. The summed E-state index contributed by atoms with van der Waals surface area (Å²) < 4.78 is 4.91. The molecule has 112 valence electrons. The van der Waals surface area contributed by atoms with Crippen LogP contribution < -0.4 is 11.1 Å². The van der Waals surface area contributed by atoms with Crippen molar-refractivity contribution in [2.75, 3.05) is 0 Å². The molecular weight excluding hydrogens is 272 g/mol. The zero-order chi connectivity index (χ0) is 15.4. The molecular formula is C15H18N2O4. The molecule has 2 aromatic rings. The SMILES string of the molecule is CCC(C)NC(=O)CCC(=O)c1ccc2[nH]c(=O)oc2c1. The van der Waals surface area contributed by atoms with Gasteiger partial charge in [-0.3, -0.25) is 14.6 Å². The molecule has 1 unspecified atom stereocenters. The number of ketones is 1. The number of fused-ring (bicyclic) bond motifs is 1. The van der Waals surface area contributed by atoms with E-state index in [2.05, 4.69) is 10.3 Å². The van der Waals surface area contributed by atoms with Crippen molar-refractivity contribution in [1.29, 1.82) is 0 Å². The van der Waals surface area contributed by atoms with Crippen LogP contribution in [0.3, 0.4) is 0 Å². The van der Waals surface area contributed by atoms with E-state index in [0.717, 1.165) is 6.42 Å². The van der Waals surface area contributed by atoms with Gasteiger partial charge in [0.05, 0.1) is 5.52 Å². The Bertz CT molecular complexity index is 714. The number of oxazole rings is 1. The van der Waals surface area contributed by atoms with Gasteiger partial charge in [0, 0.05) is 24.4 Å². The third-order valence-corrected chi connectivity index (χ3v) is 3.34. The van der Waals surface area contributed by atoms with Crippen LogP contribution in [0.1, 0.15) is 43.5 Å². The Hall–Kier alpha value is -2.37. The second kappa shape index (κ2) is 6.39. The van der Waals surface area contributed by atoms with E-state index in [1.807, 2.05) is 13.8 Å². The maximum atomic E-state index is 12.0. The first-order valence-electron chi connectivity index (χ1n) is 6.95. The van der Waals surface area contributed by atoms with Crippen molar-refractivity contribution < 1.29 is 14.0 Å². The number of hydrogen-bond donors (Lipinski definition) is 2. The number of carbonyl (C=O) groups excluding carboxylic acids is 2. The van der Waals surface area contributed by atoms with E-state index in [0.29, 0.717) is 16.7 Å².